The van der Waals surface area contributed by atoms with E-state index >= 15 is 0 Å². The number of benzene rings is 3. The fraction of sp³-hybridized carbons (Fsp3) is 0. The number of fused-ring (bicyclic) bond motifs is 3. The van der Waals surface area contributed by atoms with Gasteiger partial charge in [0.15, 0.2) is 11.6 Å². The lowest BCUT2D eigenvalue weighted by molar-refractivity contribution is 1.12. The zero-order valence-corrected chi connectivity index (χ0v) is 19.2. The minimum atomic E-state index is 0.359. The molecular weight excluding hydrogens is 460 g/mol. The van der Waals surface area contributed by atoms with Crippen LogP contribution >= 0.6 is 0 Å². The van der Waals surface area contributed by atoms with Gasteiger partial charge in [0, 0.05) is 46.7 Å². The van der Waals surface area contributed by atoms with Gasteiger partial charge in [-0.3, -0.25) is 0 Å². The maximum atomic E-state index is 9.47. The predicted octanol–water partition coefficient (Wildman–Crippen LogP) is 5.31. The van der Waals surface area contributed by atoms with Crippen molar-refractivity contribution < 1.29 is 0 Å². The van der Waals surface area contributed by atoms with Crippen molar-refractivity contribution in [3.05, 3.63) is 102 Å². The normalized spacial score (nSPS) is 10.6. The second kappa shape index (κ2) is 8.70. The number of hydrogen-bond acceptors (Lipinski definition) is 7. The van der Waals surface area contributed by atoms with Crippen molar-refractivity contribution in [2.75, 3.05) is 0 Å². The quantitative estimate of drug-likeness (QED) is 0.340. The van der Waals surface area contributed by atoms with Crippen LogP contribution < -0.4 is 0 Å². The number of rotatable bonds is 3. The van der Waals surface area contributed by atoms with E-state index in [1.807, 2.05) is 60.7 Å². The Morgan fingerprint density at radius 1 is 0.568 bits per heavy atom. The summed E-state index contributed by atoms with van der Waals surface area (Å²) in [5, 5.41) is 29.8. The summed E-state index contributed by atoms with van der Waals surface area (Å²) in [6.07, 6.45) is 5.94. The molecule has 0 amide bonds. The summed E-state index contributed by atoms with van der Waals surface area (Å²) in [6.45, 7) is 0. The molecular formula is C29H14N8. The van der Waals surface area contributed by atoms with E-state index in [1.165, 1.54) is 24.8 Å². The number of aromatic nitrogens is 5. The van der Waals surface area contributed by atoms with Gasteiger partial charge in [0.1, 0.15) is 12.1 Å². The molecule has 3 heterocycles. The van der Waals surface area contributed by atoms with Gasteiger partial charge in [0.05, 0.1) is 39.5 Å². The van der Waals surface area contributed by atoms with Crippen molar-refractivity contribution in [2.24, 2.45) is 0 Å². The van der Waals surface area contributed by atoms with Gasteiger partial charge in [-0.15, -0.1) is 0 Å². The van der Waals surface area contributed by atoms with Crippen molar-refractivity contribution in [1.82, 2.24) is 24.5 Å². The highest BCUT2D eigenvalue weighted by Gasteiger charge is 2.18. The third-order valence-electron chi connectivity index (χ3n) is 6.10. The molecule has 6 rings (SSSR count). The Hall–Kier alpha value is -5.91. The average molecular weight is 474 g/mol. The van der Waals surface area contributed by atoms with E-state index in [0.717, 1.165) is 33.1 Å². The highest BCUT2D eigenvalue weighted by Crippen LogP contribution is 2.37. The van der Waals surface area contributed by atoms with Crippen LogP contribution in [0.1, 0.15) is 16.7 Å². The Bertz CT molecular complexity index is 1950. The Morgan fingerprint density at radius 3 is 1.86 bits per heavy atom. The van der Waals surface area contributed by atoms with Crippen LogP contribution in [0.25, 0.3) is 50.3 Å². The van der Waals surface area contributed by atoms with Crippen molar-refractivity contribution in [1.29, 1.82) is 15.8 Å². The molecule has 0 bridgehead atoms. The number of nitrogens with zero attached hydrogens (tertiary/aromatic N) is 8. The van der Waals surface area contributed by atoms with Crippen LogP contribution in [-0.4, -0.2) is 24.5 Å². The van der Waals surface area contributed by atoms with Crippen LogP contribution in [-0.2, 0) is 0 Å². The SMILES string of the molecule is N#Cc1cnc(-c2ccc(-n3c4ccccc4c4cc(C#N)ccc43)c(-c3ncc(C#N)cn3)c2)nc1. The van der Waals surface area contributed by atoms with E-state index in [9.17, 15) is 10.5 Å². The first-order valence-corrected chi connectivity index (χ1v) is 11.2. The zero-order chi connectivity index (χ0) is 25.4. The fourth-order valence-corrected chi connectivity index (χ4v) is 4.41. The van der Waals surface area contributed by atoms with Crippen molar-refractivity contribution in [3.63, 3.8) is 0 Å². The van der Waals surface area contributed by atoms with Crippen LogP contribution in [0.2, 0.25) is 0 Å². The number of para-hydroxylation sites is 1. The third kappa shape index (κ3) is 3.61. The monoisotopic (exact) mass is 474 g/mol. The second-order valence-corrected chi connectivity index (χ2v) is 8.24. The number of nitriles is 3. The first kappa shape index (κ1) is 21.6. The summed E-state index contributed by atoms with van der Waals surface area (Å²) in [7, 11) is 0. The first-order chi connectivity index (χ1) is 18.2. The van der Waals surface area contributed by atoms with Gasteiger partial charge < -0.3 is 4.57 Å². The van der Waals surface area contributed by atoms with E-state index in [0.29, 0.717) is 33.9 Å². The van der Waals surface area contributed by atoms with Gasteiger partial charge in [-0.25, -0.2) is 19.9 Å². The van der Waals surface area contributed by atoms with E-state index < -0.39 is 0 Å². The van der Waals surface area contributed by atoms with Crippen LogP contribution in [0.5, 0.6) is 0 Å². The Balaban J connectivity index is 1.65. The molecule has 0 aliphatic carbocycles. The lowest BCUT2D eigenvalue weighted by atomic mass is 10.1. The minimum Gasteiger partial charge on any atom is -0.308 e. The van der Waals surface area contributed by atoms with Crippen LogP contribution in [0, 0.1) is 34.0 Å². The molecule has 0 radical (unpaired) electrons. The molecule has 170 valence electrons. The average Bonchev–Trinajstić information content (AvgIpc) is 3.30. The molecule has 6 aromatic rings. The van der Waals surface area contributed by atoms with E-state index in [2.05, 4.69) is 36.6 Å². The summed E-state index contributed by atoms with van der Waals surface area (Å²) in [5.74, 6) is 0.894. The molecule has 8 heteroatoms. The summed E-state index contributed by atoms with van der Waals surface area (Å²) in [6, 6.07) is 25.7. The van der Waals surface area contributed by atoms with Gasteiger partial charge in [-0.05, 0) is 42.5 Å². The van der Waals surface area contributed by atoms with Gasteiger partial charge in [-0.1, -0.05) is 18.2 Å². The third-order valence-corrected chi connectivity index (χ3v) is 6.10. The summed E-state index contributed by atoms with van der Waals surface area (Å²) >= 11 is 0. The molecule has 0 atom stereocenters. The van der Waals surface area contributed by atoms with Crippen molar-refractivity contribution in [3.8, 4) is 46.7 Å². The van der Waals surface area contributed by atoms with E-state index in [1.54, 1.807) is 6.07 Å². The highest BCUT2D eigenvalue weighted by atomic mass is 15.0. The molecule has 3 aromatic carbocycles. The molecule has 0 fully saturated rings. The van der Waals surface area contributed by atoms with Crippen LogP contribution in [0.3, 0.4) is 0 Å². The summed E-state index contributed by atoms with van der Waals surface area (Å²) in [5.41, 5.74) is 5.46. The van der Waals surface area contributed by atoms with Crippen molar-refractivity contribution in [2.45, 2.75) is 0 Å². The maximum absolute atomic E-state index is 9.47. The molecule has 0 saturated heterocycles. The molecule has 0 aliphatic heterocycles. The standard InChI is InChI=1S/C29H14N8/c30-11-18-5-7-26-23(9-18)22-3-1-2-4-25(22)37(26)27-8-6-21(28-33-14-19(12-31)15-34-28)10-24(27)29-35-16-20(13-32)17-36-29/h1-10,14-17H. The van der Waals surface area contributed by atoms with Gasteiger partial charge in [0.25, 0.3) is 0 Å². The van der Waals surface area contributed by atoms with Crippen LogP contribution in [0.15, 0.2) is 85.5 Å². The minimum absolute atomic E-state index is 0.359. The zero-order valence-electron chi connectivity index (χ0n) is 19.2. The fourth-order valence-electron chi connectivity index (χ4n) is 4.41. The maximum Gasteiger partial charge on any atom is 0.161 e. The molecule has 0 spiro atoms. The lowest BCUT2D eigenvalue weighted by Crippen LogP contribution is -2.01. The summed E-state index contributed by atoms with van der Waals surface area (Å²) < 4.78 is 2.12. The van der Waals surface area contributed by atoms with E-state index in [4.69, 9.17) is 5.26 Å². The highest BCUT2D eigenvalue weighted by molar-refractivity contribution is 6.10. The largest absolute Gasteiger partial charge is 0.308 e. The topological polar surface area (TPSA) is 128 Å². The molecule has 3 aromatic heterocycles. The molecule has 0 unspecified atom stereocenters. The molecule has 37 heavy (non-hydrogen) atoms. The first-order valence-electron chi connectivity index (χ1n) is 11.2. The van der Waals surface area contributed by atoms with E-state index in [-0.39, 0.29) is 0 Å². The molecule has 0 aliphatic rings. The Labute approximate surface area is 211 Å². The van der Waals surface area contributed by atoms with Gasteiger partial charge in [0.2, 0.25) is 0 Å². The number of hydrogen-bond donors (Lipinski definition) is 0. The Kier molecular flexibility index (Phi) is 5.08. The molecule has 0 N–H and O–H groups in total. The van der Waals surface area contributed by atoms with Crippen molar-refractivity contribution >= 4 is 21.8 Å². The predicted molar refractivity (Wildman–Crippen MR) is 137 cm³/mol. The smallest absolute Gasteiger partial charge is 0.161 e. The van der Waals surface area contributed by atoms with Gasteiger partial charge in [-0.2, -0.15) is 15.8 Å². The molecule has 8 nitrogen and oxygen atoms in total. The van der Waals surface area contributed by atoms with Gasteiger partial charge >= 0.3 is 0 Å². The summed E-state index contributed by atoms with van der Waals surface area (Å²) in [4.78, 5) is 17.6. The molecule has 0 saturated carbocycles. The second-order valence-electron chi connectivity index (χ2n) is 8.24. The Morgan fingerprint density at radius 2 is 1.19 bits per heavy atom. The van der Waals surface area contributed by atoms with Crippen LogP contribution in [0.4, 0.5) is 0 Å². The lowest BCUT2D eigenvalue weighted by Gasteiger charge is -2.14.